The van der Waals surface area contributed by atoms with Crippen molar-refractivity contribution < 1.29 is 14.3 Å². The summed E-state index contributed by atoms with van der Waals surface area (Å²) in [5.74, 6) is 0.443. The third-order valence-electron chi connectivity index (χ3n) is 5.53. The number of hydrogen-bond donors (Lipinski definition) is 0. The highest BCUT2D eigenvalue weighted by molar-refractivity contribution is 14.1. The molecule has 0 bridgehead atoms. The minimum absolute atomic E-state index is 0.139. The van der Waals surface area contributed by atoms with Gasteiger partial charge in [0.25, 0.3) is 0 Å². The highest BCUT2D eigenvalue weighted by Crippen LogP contribution is 2.53. The van der Waals surface area contributed by atoms with Crippen LogP contribution in [0, 0.1) is 11.8 Å². The van der Waals surface area contributed by atoms with Gasteiger partial charge in [0.2, 0.25) is 6.23 Å². The molecule has 146 valence electrons. The molecule has 3 aliphatic rings. The van der Waals surface area contributed by atoms with Gasteiger partial charge < -0.3 is 14.4 Å². The lowest BCUT2D eigenvalue weighted by Gasteiger charge is -2.51. The minimum atomic E-state index is -0.699. The second-order valence-electron chi connectivity index (χ2n) is 6.50. The van der Waals surface area contributed by atoms with Gasteiger partial charge in [-0.15, -0.1) is 0 Å². The average molecular weight is 482 g/mol. The van der Waals surface area contributed by atoms with Gasteiger partial charge in [-0.05, 0) is 17.1 Å². The van der Waals surface area contributed by atoms with Gasteiger partial charge in [0.1, 0.15) is 0 Å². The van der Waals surface area contributed by atoms with Gasteiger partial charge in [-0.25, -0.2) is 5.06 Å². The maximum Gasteiger partial charge on any atom is 0.201 e. The number of hydroxylamine groups is 2. The molecule has 0 spiro atoms. The molecule has 1 aromatic carbocycles. The quantitative estimate of drug-likeness (QED) is 0.479. The number of hydrogen-bond acceptors (Lipinski definition) is 5. The number of nitrogens with zero attached hydrogens (tertiary/aromatic N) is 2. The Labute approximate surface area is 175 Å². The zero-order valence-electron chi connectivity index (χ0n) is 16.2. The van der Waals surface area contributed by atoms with E-state index in [0.717, 1.165) is 5.69 Å². The van der Waals surface area contributed by atoms with Crippen LogP contribution in [-0.2, 0) is 14.3 Å². The van der Waals surface area contributed by atoms with E-state index in [1.54, 1.807) is 26.4 Å². The summed E-state index contributed by atoms with van der Waals surface area (Å²) in [6.07, 6.45) is 12.5. The molecule has 1 saturated heterocycles. The Morgan fingerprint density at radius 1 is 0.963 bits per heavy atom. The number of fused-ring (bicyclic) bond motifs is 3. The zero-order chi connectivity index (χ0) is 19.4. The van der Waals surface area contributed by atoms with Gasteiger partial charge in [-0.2, -0.15) is 0 Å². The molecule has 0 aromatic heterocycles. The van der Waals surface area contributed by atoms with E-state index in [9.17, 15) is 0 Å². The first-order valence-electron chi connectivity index (χ1n) is 8.93. The molecule has 27 heavy (non-hydrogen) atoms. The van der Waals surface area contributed by atoms with Crippen molar-refractivity contribution in [1.82, 2.24) is 5.06 Å². The Hall–Kier alpha value is -1.35. The van der Waals surface area contributed by atoms with E-state index in [1.807, 2.05) is 17.2 Å². The van der Waals surface area contributed by atoms with Crippen molar-refractivity contribution in [2.75, 3.05) is 31.2 Å². The van der Waals surface area contributed by atoms with Crippen molar-refractivity contribution in [2.45, 2.75) is 18.0 Å². The minimum Gasteiger partial charge on any atom is -0.355 e. The van der Waals surface area contributed by atoms with Crippen molar-refractivity contribution in [3.8, 4) is 0 Å². The maximum atomic E-state index is 6.26. The van der Waals surface area contributed by atoms with Crippen LogP contribution in [0.15, 0.2) is 66.9 Å². The largest absolute Gasteiger partial charge is 0.355 e. The summed E-state index contributed by atoms with van der Waals surface area (Å²) < 4.78 is 12.2. The van der Waals surface area contributed by atoms with Crippen LogP contribution >= 0.6 is 22.6 Å². The lowest BCUT2D eigenvalue weighted by Crippen LogP contribution is -2.65. The Morgan fingerprint density at radius 3 is 2.30 bits per heavy atom. The number of alkyl halides is 1. The smallest absolute Gasteiger partial charge is 0.201 e. The third-order valence-corrected chi connectivity index (χ3v) is 5.53. The van der Waals surface area contributed by atoms with E-state index < -0.39 is 12.0 Å². The van der Waals surface area contributed by atoms with Crippen molar-refractivity contribution in [3.05, 3.63) is 66.9 Å². The standard InChI is InChI=1S/C20H24N2O3.CH3I/c1-23-19-20(24-2)17(13-14-21(19)25-3)16-11-7-8-12-18(16)22(20)15-9-5-4-6-10-15;1-2/h4-14,16-19H,1-3H3;1H3. The van der Waals surface area contributed by atoms with Crippen molar-refractivity contribution in [3.63, 3.8) is 0 Å². The predicted octanol–water partition coefficient (Wildman–Crippen LogP) is 3.99. The van der Waals surface area contributed by atoms with Gasteiger partial charge in [-0.3, -0.25) is 4.84 Å². The lowest BCUT2D eigenvalue weighted by atomic mass is 9.81. The normalized spacial score (nSPS) is 33.4. The molecule has 0 amide bonds. The lowest BCUT2D eigenvalue weighted by molar-refractivity contribution is -0.276. The number of benzene rings is 1. The SMILES string of the molecule is CI.COC1N(OC)C=CC2C3C=CC=CC3N(c3ccccc3)C21OC. The number of ether oxygens (including phenoxy) is 2. The van der Waals surface area contributed by atoms with Crippen LogP contribution in [0.4, 0.5) is 5.69 Å². The third kappa shape index (κ3) is 3.12. The molecule has 2 heterocycles. The monoisotopic (exact) mass is 482 g/mol. The summed E-state index contributed by atoms with van der Waals surface area (Å²) in [5, 5.41) is 1.72. The Kier molecular flexibility index (Phi) is 6.62. The number of halogens is 1. The first-order valence-corrected chi connectivity index (χ1v) is 11.1. The molecular formula is C21H27IN2O3. The molecule has 1 aromatic rings. The molecule has 1 fully saturated rings. The molecule has 1 aliphatic carbocycles. The van der Waals surface area contributed by atoms with Crippen molar-refractivity contribution >= 4 is 28.3 Å². The topological polar surface area (TPSA) is 34.2 Å². The fourth-order valence-electron chi connectivity index (χ4n) is 4.59. The Balaban J connectivity index is 0.00000102. The maximum absolute atomic E-state index is 6.26. The molecule has 6 heteroatoms. The molecule has 5 nitrogen and oxygen atoms in total. The van der Waals surface area contributed by atoms with Crippen LogP contribution in [-0.4, -0.2) is 49.3 Å². The van der Waals surface area contributed by atoms with Crippen LogP contribution in [0.25, 0.3) is 0 Å². The summed E-state index contributed by atoms with van der Waals surface area (Å²) in [6.45, 7) is 0. The van der Waals surface area contributed by atoms with Crippen molar-refractivity contribution in [1.29, 1.82) is 0 Å². The molecule has 0 N–H and O–H groups in total. The Morgan fingerprint density at radius 2 is 1.67 bits per heavy atom. The summed E-state index contributed by atoms with van der Waals surface area (Å²) in [5.41, 5.74) is 0.407. The van der Waals surface area contributed by atoms with E-state index in [-0.39, 0.29) is 12.0 Å². The van der Waals surface area contributed by atoms with Gasteiger partial charge >= 0.3 is 0 Å². The van der Waals surface area contributed by atoms with Crippen LogP contribution in [0.3, 0.4) is 0 Å². The summed E-state index contributed by atoms with van der Waals surface area (Å²) >= 11 is 2.15. The fourth-order valence-corrected chi connectivity index (χ4v) is 4.59. The second-order valence-corrected chi connectivity index (χ2v) is 6.50. The average Bonchev–Trinajstić information content (AvgIpc) is 3.05. The molecule has 5 unspecified atom stereocenters. The molecule has 0 saturated carbocycles. The van der Waals surface area contributed by atoms with Gasteiger partial charge in [-0.1, -0.05) is 71.2 Å². The van der Waals surface area contributed by atoms with Crippen LogP contribution in [0.2, 0.25) is 0 Å². The van der Waals surface area contributed by atoms with Crippen LogP contribution in [0.5, 0.6) is 0 Å². The van der Waals surface area contributed by atoms with Gasteiger partial charge in [0.15, 0.2) is 5.72 Å². The number of allylic oxidation sites excluding steroid dienone is 2. The van der Waals surface area contributed by atoms with E-state index in [0.29, 0.717) is 5.92 Å². The molecule has 0 radical (unpaired) electrons. The summed E-state index contributed by atoms with van der Waals surface area (Å²) in [7, 11) is 5.10. The predicted molar refractivity (Wildman–Crippen MR) is 116 cm³/mol. The first kappa shape index (κ1) is 20.4. The van der Waals surface area contributed by atoms with E-state index in [4.69, 9.17) is 14.3 Å². The number of methoxy groups -OCH3 is 2. The highest BCUT2D eigenvalue weighted by atomic mass is 127. The molecule has 2 aliphatic heterocycles. The summed E-state index contributed by atoms with van der Waals surface area (Å²) in [6, 6.07) is 10.6. The van der Waals surface area contributed by atoms with Gasteiger partial charge in [0, 0.05) is 37.9 Å². The fraction of sp³-hybridized carbons (Fsp3) is 0.429. The van der Waals surface area contributed by atoms with Crippen molar-refractivity contribution in [2.24, 2.45) is 11.8 Å². The second kappa shape index (κ2) is 8.77. The van der Waals surface area contributed by atoms with E-state index >= 15 is 0 Å². The Bertz CT molecular complexity index is 709. The first-order chi connectivity index (χ1) is 13.3. The molecular weight excluding hydrogens is 455 g/mol. The van der Waals surface area contributed by atoms with E-state index in [1.165, 1.54) is 0 Å². The highest BCUT2D eigenvalue weighted by Gasteiger charge is 2.64. The molecule has 4 rings (SSSR count). The van der Waals surface area contributed by atoms with Crippen LogP contribution in [0.1, 0.15) is 0 Å². The van der Waals surface area contributed by atoms with Crippen LogP contribution < -0.4 is 4.90 Å². The van der Waals surface area contributed by atoms with Gasteiger partial charge in [0.05, 0.1) is 13.2 Å². The number of para-hydroxylation sites is 1. The number of rotatable bonds is 4. The zero-order valence-corrected chi connectivity index (χ0v) is 18.3. The summed E-state index contributed by atoms with van der Waals surface area (Å²) in [4.78, 5) is 9.86. The molecule has 5 atom stereocenters. The number of anilines is 1. The van der Waals surface area contributed by atoms with E-state index in [2.05, 4.69) is 82.1 Å².